The highest BCUT2D eigenvalue weighted by atomic mass is 32.2. The maximum absolute atomic E-state index is 12.0. The predicted molar refractivity (Wildman–Crippen MR) is 113 cm³/mol. The van der Waals surface area contributed by atoms with Gasteiger partial charge in [0, 0.05) is 24.0 Å². The molecular weight excluding hydrogens is 356 g/mol. The van der Waals surface area contributed by atoms with Crippen molar-refractivity contribution in [3.63, 3.8) is 0 Å². The third-order valence-corrected chi connectivity index (χ3v) is 6.82. The molecule has 144 valence electrons. The molecule has 0 amide bonds. The fourth-order valence-corrected chi connectivity index (χ4v) is 4.83. The Morgan fingerprint density at radius 1 is 1.26 bits per heavy atom. The molecule has 4 rings (SSSR count). The molecule has 0 bridgehead atoms. The van der Waals surface area contributed by atoms with Gasteiger partial charge in [-0.05, 0) is 55.9 Å². The molecule has 1 saturated carbocycles. The molecule has 0 saturated heterocycles. The van der Waals surface area contributed by atoms with E-state index < -0.39 is 11.2 Å². The van der Waals surface area contributed by atoms with Crippen LogP contribution in [0.4, 0.5) is 5.69 Å². The number of nitrogens with zero attached hydrogens (tertiary/aromatic N) is 3. The van der Waals surface area contributed by atoms with Crippen molar-refractivity contribution in [3.8, 4) is 0 Å². The fourth-order valence-electron chi connectivity index (χ4n) is 4.29. The molecule has 3 aromatic rings. The Morgan fingerprint density at radius 2 is 2.04 bits per heavy atom. The minimum absolute atomic E-state index is 0.389. The molecule has 27 heavy (non-hydrogen) atoms. The smallest absolute Gasteiger partial charge is 0.160 e. The summed E-state index contributed by atoms with van der Waals surface area (Å²) in [5, 5.41) is 10.4. The number of hydrogen-bond donors (Lipinski definition) is 1. The van der Waals surface area contributed by atoms with Gasteiger partial charge in [0.1, 0.15) is 6.26 Å². The number of benzene rings is 1. The Hall–Kier alpha value is -1.79. The van der Waals surface area contributed by atoms with Gasteiger partial charge in [-0.15, -0.1) is 0 Å². The summed E-state index contributed by atoms with van der Waals surface area (Å²) in [5.41, 5.74) is 2.92. The average Bonchev–Trinajstić information content (AvgIpc) is 3.10. The molecule has 2 atom stereocenters. The lowest BCUT2D eigenvalue weighted by Crippen LogP contribution is -2.27. The number of hydrogen-bond acceptors (Lipinski definition) is 4. The van der Waals surface area contributed by atoms with Gasteiger partial charge >= 0.3 is 0 Å². The van der Waals surface area contributed by atoms with E-state index in [0.29, 0.717) is 12.0 Å². The first-order valence-electron chi connectivity index (χ1n) is 9.97. The predicted octanol–water partition coefficient (Wildman–Crippen LogP) is 4.72. The molecule has 1 unspecified atom stereocenters. The maximum Gasteiger partial charge on any atom is 0.160 e. The molecule has 0 spiro atoms. The maximum atomic E-state index is 12.0. The van der Waals surface area contributed by atoms with Crippen molar-refractivity contribution < 1.29 is 4.55 Å². The van der Waals surface area contributed by atoms with Crippen molar-refractivity contribution in [2.75, 3.05) is 11.6 Å². The molecule has 1 aromatic carbocycles. The van der Waals surface area contributed by atoms with E-state index in [1.165, 1.54) is 32.1 Å². The average molecular weight is 385 g/mol. The molecule has 1 N–H and O–H groups in total. The van der Waals surface area contributed by atoms with Crippen LogP contribution in [0.2, 0.25) is 0 Å². The van der Waals surface area contributed by atoms with Crippen molar-refractivity contribution in [2.24, 2.45) is 5.92 Å². The molecule has 1 aliphatic rings. The van der Waals surface area contributed by atoms with E-state index in [2.05, 4.69) is 24.3 Å². The van der Waals surface area contributed by atoms with Crippen LogP contribution in [0, 0.1) is 5.92 Å². The van der Waals surface area contributed by atoms with Gasteiger partial charge in [0.2, 0.25) is 0 Å². The first-order valence-corrected chi connectivity index (χ1v) is 11.5. The van der Waals surface area contributed by atoms with E-state index in [0.717, 1.165) is 39.1 Å². The molecule has 2 aromatic heterocycles. The van der Waals surface area contributed by atoms with Crippen LogP contribution in [0.1, 0.15) is 46.0 Å². The summed E-state index contributed by atoms with van der Waals surface area (Å²) in [6, 6.07) is 6.31. The van der Waals surface area contributed by atoms with Crippen molar-refractivity contribution in [1.29, 1.82) is 0 Å². The first-order chi connectivity index (χ1) is 13.1. The van der Waals surface area contributed by atoms with Crippen LogP contribution in [-0.4, -0.2) is 31.6 Å². The molecule has 1 fully saturated rings. The molecule has 5 nitrogen and oxygen atoms in total. The van der Waals surface area contributed by atoms with Gasteiger partial charge in [-0.25, -0.2) is 9.67 Å². The van der Waals surface area contributed by atoms with Gasteiger partial charge in [0.15, 0.2) is 10.5 Å². The molecule has 2 heterocycles. The number of aromatic nitrogens is 3. The SMILES string of the molecule is CCn1ncc2c(N[C@@H](C)C3CCCCC3)c3cc([S+](C)[O-])ccc3nc21. The summed E-state index contributed by atoms with van der Waals surface area (Å²) in [5.74, 6) is 0.696. The Labute approximate surface area is 163 Å². The number of rotatable bonds is 5. The van der Waals surface area contributed by atoms with Gasteiger partial charge < -0.3 is 9.87 Å². The second kappa shape index (κ2) is 7.68. The molecule has 0 radical (unpaired) electrons. The van der Waals surface area contributed by atoms with E-state index in [4.69, 9.17) is 4.98 Å². The lowest BCUT2D eigenvalue weighted by atomic mass is 9.84. The zero-order valence-corrected chi connectivity index (χ0v) is 17.2. The Kier molecular flexibility index (Phi) is 5.28. The zero-order valence-electron chi connectivity index (χ0n) is 16.4. The van der Waals surface area contributed by atoms with E-state index in [-0.39, 0.29) is 0 Å². The van der Waals surface area contributed by atoms with E-state index in [1.54, 1.807) is 6.26 Å². The van der Waals surface area contributed by atoms with Crippen molar-refractivity contribution in [3.05, 3.63) is 24.4 Å². The third-order valence-electron chi connectivity index (χ3n) is 5.91. The molecular formula is C21H28N4OS. The standard InChI is InChI=1S/C21H28N4OS/c1-4-25-21-18(13-22-25)20(23-14(2)15-8-6-5-7-9-15)17-12-16(27(3)26)10-11-19(17)24-21/h10-15H,4-9H2,1-3H3,(H,23,24)/t14-,27?/m0/s1. The molecule has 0 aliphatic heterocycles. The minimum atomic E-state index is -1.02. The Balaban J connectivity index is 1.84. The zero-order chi connectivity index (χ0) is 19.0. The normalized spacial score (nSPS) is 18.1. The van der Waals surface area contributed by atoms with E-state index >= 15 is 0 Å². The van der Waals surface area contributed by atoms with E-state index in [1.807, 2.05) is 29.1 Å². The van der Waals surface area contributed by atoms with Crippen LogP contribution in [-0.2, 0) is 17.7 Å². The molecule has 6 heteroatoms. The Morgan fingerprint density at radius 3 is 2.74 bits per heavy atom. The second-order valence-electron chi connectivity index (χ2n) is 7.65. The summed E-state index contributed by atoms with van der Waals surface area (Å²) >= 11 is -1.02. The highest BCUT2D eigenvalue weighted by Crippen LogP contribution is 2.35. The topological polar surface area (TPSA) is 65.8 Å². The molecule has 1 aliphatic carbocycles. The van der Waals surface area contributed by atoms with Gasteiger partial charge in [0.05, 0.1) is 22.8 Å². The number of pyridine rings is 1. The largest absolute Gasteiger partial charge is 0.612 e. The number of nitrogens with one attached hydrogen (secondary N) is 1. The van der Waals surface area contributed by atoms with Crippen molar-refractivity contribution in [2.45, 2.75) is 63.4 Å². The lowest BCUT2D eigenvalue weighted by Gasteiger charge is -2.29. The quantitative estimate of drug-likeness (QED) is 0.646. The van der Waals surface area contributed by atoms with Crippen molar-refractivity contribution in [1.82, 2.24) is 14.8 Å². The van der Waals surface area contributed by atoms with Crippen LogP contribution >= 0.6 is 0 Å². The fraction of sp³-hybridized carbons (Fsp3) is 0.524. The van der Waals surface area contributed by atoms with Gasteiger partial charge in [-0.1, -0.05) is 19.3 Å². The van der Waals surface area contributed by atoms with Crippen LogP contribution < -0.4 is 5.32 Å². The van der Waals surface area contributed by atoms with Gasteiger partial charge in [-0.2, -0.15) is 5.10 Å². The van der Waals surface area contributed by atoms with Crippen LogP contribution in [0.25, 0.3) is 21.9 Å². The third kappa shape index (κ3) is 3.52. The lowest BCUT2D eigenvalue weighted by molar-refractivity contribution is 0.328. The Bertz CT molecular complexity index is 946. The highest BCUT2D eigenvalue weighted by Gasteiger charge is 2.23. The van der Waals surface area contributed by atoms with Crippen LogP contribution in [0.5, 0.6) is 0 Å². The van der Waals surface area contributed by atoms with E-state index in [9.17, 15) is 4.55 Å². The summed E-state index contributed by atoms with van der Waals surface area (Å²) < 4.78 is 14.0. The van der Waals surface area contributed by atoms with Crippen LogP contribution in [0.15, 0.2) is 29.3 Å². The second-order valence-corrected chi connectivity index (χ2v) is 9.03. The summed E-state index contributed by atoms with van der Waals surface area (Å²) in [4.78, 5) is 5.68. The highest BCUT2D eigenvalue weighted by molar-refractivity contribution is 7.90. The summed E-state index contributed by atoms with van der Waals surface area (Å²) in [6.07, 6.45) is 10.2. The van der Waals surface area contributed by atoms with Gasteiger partial charge in [-0.3, -0.25) is 0 Å². The number of anilines is 1. The summed E-state index contributed by atoms with van der Waals surface area (Å²) in [6.45, 7) is 5.16. The van der Waals surface area contributed by atoms with Gasteiger partial charge in [0.25, 0.3) is 0 Å². The number of aryl methyl sites for hydroxylation is 1. The van der Waals surface area contributed by atoms with Crippen molar-refractivity contribution >= 4 is 38.8 Å². The first kappa shape index (κ1) is 18.6. The van der Waals surface area contributed by atoms with Crippen LogP contribution in [0.3, 0.4) is 0 Å². The number of fused-ring (bicyclic) bond motifs is 2. The minimum Gasteiger partial charge on any atom is -0.612 e. The summed E-state index contributed by atoms with van der Waals surface area (Å²) in [7, 11) is 0. The monoisotopic (exact) mass is 384 g/mol.